The van der Waals surface area contributed by atoms with Gasteiger partial charge in [-0.1, -0.05) is 18.2 Å². The first-order valence-corrected chi connectivity index (χ1v) is 6.71. The van der Waals surface area contributed by atoms with E-state index < -0.39 is 11.6 Å². The summed E-state index contributed by atoms with van der Waals surface area (Å²) in [4.78, 5) is 12.2. The summed E-state index contributed by atoms with van der Waals surface area (Å²) in [5, 5.41) is 5.63. The van der Waals surface area contributed by atoms with Crippen molar-refractivity contribution in [2.24, 2.45) is 5.92 Å². The summed E-state index contributed by atoms with van der Waals surface area (Å²) in [6, 6.07) is 10.7. The normalized spacial score (nSPS) is 16.8. The second-order valence-electron chi connectivity index (χ2n) is 5.05. The van der Waals surface area contributed by atoms with Crippen molar-refractivity contribution in [1.29, 1.82) is 0 Å². The van der Waals surface area contributed by atoms with Crippen LogP contribution < -0.4 is 10.6 Å². The van der Waals surface area contributed by atoms with E-state index in [1.807, 2.05) is 24.3 Å². The fourth-order valence-electron chi connectivity index (χ4n) is 2.46. The third-order valence-electron chi connectivity index (χ3n) is 3.58. The maximum absolute atomic E-state index is 13.5. The number of halogens is 2. The first-order valence-electron chi connectivity index (χ1n) is 6.71. The van der Waals surface area contributed by atoms with E-state index in [9.17, 15) is 13.6 Å². The van der Waals surface area contributed by atoms with Gasteiger partial charge in [-0.05, 0) is 30.2 Å². The van der Waals surface area contributed by atoms with E-state index in [0.29, 0.717) is 13.0 Å². The Morgan fingerprint density at radius 1 is 1.19 bits per heavy atom. The summed E-state index contributed by atoms with van der Waals surface area (Å²) >= 11 is 0. The minimum atomic E-state index is -0.645. The average Bonchev–Trinajstić information content (AvgIpc) is 2.50. The summed E-state index contributed by atoms with van der Waals surface area (Å²) in [6.07, 6.45) is 0.575. The molecule has 0 radical (unpaired) electrons. The predicted molar refractivity (Wildman–Crippen MR) is 77.1 cm³/mol. The van der Waals surface area contributed by atoms with Crippen LogP contribution >= 0.6 is 0 Å². The highest BCUT2D eigenvalue weighted by molar-refractivity contribution is 5.93. The third kappa shape index (κ3) is 2.86. The van der Waals surface area contributed by atoms with Gasteiger partial charge in [0.15, 0.2) is 0 Å². The maximum Gasteiger partial charge on any atom is 0.229 e. The molecule has 1 unspecified atom stereocenters. The lowest BCUT2D eigenvalue weighted by atomic mass is 9.93. The van der Waals surface area contributed by atoms with Crippen LogP contribution in [0, 0.1) is 17.6 Å². The molecule has 2 aromatic rings. The van der Waals surface area contributed by atoms with E-state index in [4.69, 9.17) is 0 Å². The summed E-state index contributed by atoms with van der Waals surface area (Å²) in [5.41, 5.74) is 1.93. The van der Waals surface area contributed by atoms with Gasteiger partial charge in [-0.25, -0.2) is 8.78 Å². The number of amides is 1. The van der Waals surface area contributed by atoms with Crippen LogP contribution in [0.5, 0.6) is 0 Å². The molecule has 0 bridgehead atoms. The van der Waals surface area contributed by atoms with Gasteiger partial charge in [0.25, 0.3) is 0 Å². The number of rotatable bonds is 2. The number of fused-ring (bicyclic) bond motifs is 1. The zero-order chi connectivity index (χ0) is 14.8. The first-order chi connectivity index (χ1) is 10.1. The van der Waals surface area contributed by atoms with Crippen molar-refractivity contribution >= 4 is 17.3 Å². The molecule has 0 aliphatic carbocycles. The summed E-state index contributed by atoms with van der Waals surface area (Å²) < 4.78 is 26.6. The average molecular weight is 288 g/mol. The largest absolute Gasteiger partial charge is 0.384 e. The van der Waals surface area contributed by atoms with Crippen LogP contribution in [0.3, 0.4) is 0 Å². The molecule has 21 heavy (non-hydrogen) atoms. The summed E-state index contributed by atoms with van der Waals surface area (Å²) in [7, 11) is 0. The minimum Gasteiger partial charge on any atom is -0.384 e. The minimum absolute atomic E-state index is 0.126. The molecule has 1 amide bonds. The maximum atomic E-state index is 13.5. The van der Waals surface area contributed by atoms with E-state index in [1.165, 1.54) is 0 Å². The zero-order valence-electron chi connectivity index (χ0n) is 11.2. The predicted octanol–water partition coefficient (Wildman–Crippen LogP) is 3.19. The molecule has 2 N–H and O–H groups in total. The molecule has 3 rings (SSSR count). The topological polar surface area (TPSA) is 41.1 Å². The molecule has 1 atom stereocenters. The Kier molecular flexibility index (Phi) is 3.56. The van der Waals surface area contributed by atoms with Gasteiger partial charge in [0.05, 0.1) is 11.6 Å². The fraction of sp³-hybridized carbons (Fsp3) is 0.188. The molecule has 0 saturated heterocycles. The Bertz CT molecular complexity index is 688. The smallest absolute Gasteiger partial charge is 0.229 e. The summed E-state index contributed by atoms with van der Waals surface area (Å²) in [5.74, 6) is -1.86. The number of hydrogen-bond acceptors (Lipinski definition) is 2. The standard InChI is InChI=1S/C16H14F2N2O/c17-12-5-6-13(18)15(8-12)20-16(21)11-7-10-3-1-2-4-14(10)19-9-11/h1-6,8,11,19H,7,9H2,(H,20,21). The number of benzene rings is 2. The molecular formula is C16H14F2N2O. The molecule has 0 spiro atoms. The number of para-hydroxylation sites is 1. The van der Waals surface area contributed by atoms with Crippen LogP contribution in [-0.4, -0.2) is 12.5 Å². The van der Waals surface area contributed by atoms with Gasteiger partial charge in [0.2, 0.25) is 5.91 Å². The molecule has 1 aliphatic heterocycles. The number of hydrogen-bond donors (Lipinski definition) is 2. The van der Waals surface area contributed by atoms with E-state index >= 15 is 0 Å². The van der Waals surface area contributed by atoms with Gasteiger partial charge in [-0.15, -0.1) is 0 Å². The van der Waals surface area contributed by atoms with Gasteiger partial charge < -0.3 is 10.6 Å². The summed E-state index contributed by atoms with van der Waals surface area (Å²) in [6.45, 7) is 0.472. The first kappa shape index (κ1) is 13.5. The highest BCUT2D eigenvalue weighted by atomic mass is 19.1. The Balaban J connectivity index is 1.74. The van der Waals surface area contributed by atoms with E-state index in [-0.39, 0.29) is 17.5 Å². The number of anilines is 2. The Hall–Kier alpha value is -2.43. The third-order valence-corrected chi connectivity index (χ3v) is 3.58. The molecule has 5 heteroatoms. The second kappa shape index (κ2) is 5.52. The Morgan fingerprint density at radius 3 is 2.86 bits per heavy atom. The second-order valence-corrected chi connectivity index (χ2v) is 5.05. The van der Waals surface area contributed by atoms with Crippen molar-refractivity contribution in [2.45, 2.75) is 6.42 Å². The molecule has 0 aromatic heterocycles. The number of carbonyl (C=O) groups is 1. The van der Waals surface area contributed by atoms with Crippen LogP contribution in [0.2, 0.25) is 0 Å². The van der Waals surface area contributed by atoms with Crippen molar-refractivity contribution in [3.63, 3.8) is 0 Å². The number of carbonyl (C=O) groups excluding carboxylic acids is 1. The van der Waals surface area contributed by atoms with Crippen molar-refractivity contribution in [3.8, 4) is 0 Å². The molecule has 108 valence electrons. The molecule has 0 saturated carbocycles. The van der Waals surface area contributed by atoms with Crippen molar-refractivity contribution in [2.75, 3.05) is 17.2 Å². The van der Waals surface area contributed by atoms with Crippen LogP contribution in [0.15, 0.2) is 42.5 Å². The van der Waals surface area contributed by atoms with Crippen molar-refractivity contribution in [1.82, 2.24) is 0 Å². The van der Waals surface area contributed by atoms with Gasteiger partial charge in [-0.3, -0.25) is 4.79 Å². The zero-order valence-corrected chi connectivity index (χ0v) is 11.2. The lowest BCUT2D eigenvalue weighted by Crippen LogP contribution is -2.34. The lowest BCUT2D eigenvalue weighted by Gasteiger charge is -2.25. The Labute approximate surface area is 121 Å². The van der Waals surface area contributed by atoms with Crippen LogP contribution in [0.4, 0.5) is 20.2 Å². The highest BCUT2D eigenvalue weighted by Gasteiger charge is 2.24. The molecule has 0 fully saturated rings. The molecule has 3 nitrogen and oxygen atoms in total. The lowest BCUT2D eigenvalue weighted by molar-refractivity contribution is -0.119. The van der Waals surface area contributed by atoms with E-state index in [1.54, 1.807) is 0 Å². The monoisotopic (exact) mass is 288 g/mol. The quantitative estimate of drug-likeness (QED) is 0.891. The molecule has 1 aliphatic rings. The van der Waals surface area contributed by atoms with Crippen LogP contribution in [0.25, 0.3) is 0 Å². The van der Waals surface area contributed by atoms with Gasteiger partial charge in [0.1, 0.15) is 11.6 Å². The van der Waals surface area contributed by atoms with Gasteiger partial charge in [-0.2, -0.15) is 0 Å². The molecule has 1 heterocycles. The Morgan fingerprint density at radius 2 is 2.00 bits per heavy atom. The highest BCUT2D eigenvalue weighted by Crippen LogP contribution is 2.25. The molecule has 2 aromatic carbocycles. The van der Waals surface area contributed by atoms with Gasteiger partial charge >= 0.3 is 0 Å². The van der Waals surface area contributed by atoms with Crippen molar-refractivity contribution < 1.29 is 13.6 Å². The molecular weight excluding hydrogens is 274 g/mol. The van der Waals surface area contributed by atoms with E-state index in [2.05, 4.69) is 10.6 Å². The van der Waals surface area contributed by atoms with Gasteiger partial charge in [0, 0.05) is 18.3 Å². The fourth-order valence-corrected chi connectivity index (χ4v) is 2.46. The number of nitrogens with one attached hydrogen (secondary N) is 2. The van der Waals surface area contributed by atoms with Crippen molar-refractivity contribution in [3.05, 3.63) is 59.7 Å². The SMILES string of the molecule is O=C(Nc1cc(F)ccc1F)C1CNc2ccccc2C1. The van der Waals surface area contributed by atoms with E-state index in [0.717, 1.165) is 29.4 Å². The van der Waals surface area contributed by atoms with Crippen LogP contribution in [-0.2, 0) is 11.2 Å². The van der Waals surface area contributed by atoms with Crippen LogP contribution in [0.1, 0.15) is 5.56 Å².